The fourth-order valence-corrected chi connectivity index (χ4v) is 5.05. The number of nitrogens with zero attached hydrogens (tertiary/aromatic N) is 4. The van der Waals surface area contributed by atoms with Gasteiger partial charge in [0.2, 0.25) is 17.0 Å². The van der Waals surface area contributed by atoms with Crippen molar-refractivity contribution in [3.8, 4) is 22.5 Å². The summed E-state index contributed by atoms with van der Waals surface area (Å²) in [5.41, 5.74) is 6.03. The molecule has 0 saturated carbocycles. The predicted molar refractivity (Wildman–Crippen MR) is 141 cm³/mol. The third-order valence-electron chi connectivity index (χ3n) is 5.76. The number of amides is 2. The minimum absolute atomic E-state index is 0.0858. The molecule has 0 spiro atoms. The average Bonchev–Trinajstić information content (AvgIpc) is 3.13. The number of hydrogen-bond donors (Lipinski definition) is 0. The second-order valence-corrected chi connectivity index (χ2v) is 10.5. The Kier molecular flexibility index (Phi) is 6.49. The fraction of sp³-hybridized carbons (Fsp3) is 0.148. The first-order chi connectivity index (χ1) is 16.9. The van der Waals surface area contributed by atoms with E-state index in [1.54, 1.807) is 24.3 Å². The van der Waals surface area contributed by atoms with E-state index in [1.807, 2.05) is 62.4 Å². The van der Waals surface area contributed by atoms with Gasteiger partial charge >= 0.3 is 0 Å². The number of rotatable bonds is 5. The van der Waals surface area contributed by atoms with Gasteiger partial charge in [-0.05, 0) is 38.1 Å². The van der Waals surface area contributed by atoms with Crippen molar-refractivity contribution in [1.82, 2.24) is 15.2 Å². The molecule has 1 saturated heterocycles. The summed E-state index contributed by atoms with van der Waals surface area (Å²) in [6.07, 6.45) is 0.0858. The standard InChI is InChI=1S/C27H21BrN4O2S/c1-16-3-7-18(8-4-16)24-25(19-9-5-17(2)6-10-19)30-31-27(29-24)35-22-15-23(33)32(26(22)34)21-13-11-20(28)12-14-21/h3-14,22H,15H2,1-2H3/t22-/m1/s1. The Labute approximate surface area is 215 Å². The van der Waals surface area contributed by atoms with Crippen molar-refractivity contribution in [2.75, 3.05) is 4.90 Å². The van der Waals surface area contributed by atoms with E-state index in [9.17, 15) is 9.59 Å². The van der Waals surface area contributed by atoms with Gasteiger partial charge in [-0.25, -0.2) is 9.88 Å². The van der Waals surface area contributed by atoms with Gasteiger partial charge in [-0.15, -0.1) is 10.2 Å². The van der Waals surface area contributed by atoms with Crippen LogP contribution < -0.4 is 4.90 Å². The third kappa shape index (κ3) is 4.90. The molecular formula is C27H21BrN4O2S. The number of imide groups is 1. The Morgan fingerprint density at radius 3 is 1.97 bits per heavy atom. The van der Waals surface area contributed by atoms with E-state index in [-0.39, 0.29) is 18.2 Å². The maximum Gasteiger partial charge on any atom is 0.247 e. The summed E-state index contributed by atoms with van der Waals surface area (Å²) in [5, 5.41) is 8.58. The van der Waals surface area contributed by atoms with Crippen molar-refractivity contribution in [2.24, 2.45) is 0 Å². The van der Waals surface area contributed by atoms with Crippen molar-refractivity contribution in [1.29, 1.82) is 0 Å². The molecule has 2 heterocycles. The molecule has 1 aliphatic heterocycles. The molecule has 1 aliphatic rings. The van der Waals surface area contributed by atoms with Gasteiger partial charge in [-0.1, -0.05) is 87.3 Å². The number of halogens is 1. The van der Waals surface area contributed by atoms with Crippen LogP contribution in [0.5, 0.6) is 0 Å². The minimum Gasteiger partial charge on any atom is -0.274 e. The summed E-state index contributed by atoms with van der Waals surface area (Å²) in [7, 11) is 0. The maximum atomic E-state index is 13.1. The van der Waals surface area contributed by atoms with E-state index in [1.165, 1.54) is 16.7 Å². The normalized spacial score (nSPS) is 15.6. The number of benzene rings is 3. The van der Waals surface area contributed by atoms with Crippen LogP contribution >= 0.6 is 27.7 Å². The van der Waals surface area contributed by atoms with Gasteiger partial charge in [0.25, 0.3) is 0 Å². The van der Waals surface area contributed by atoms with Crippen molar-refractivity contribution in [2.45, 2.75) is 30.7 Å². The van der Waals surface area contributed by atoms with Crippen LogP contribution in [0.2, 0.25) is 0 Å². The molecule has 8 heteroatoms. The molecule has 0 N–H and O–H groups in total. The molecule has 0 unspecified atom stereocenters. The summed E-state index contributed by atoms with van der Waals surface area (Å²) in [5.74, 6) is -0.511. The lowest BCUT2D eigenvalue weighted by Crippen LogP contribution is -2.31. The number of carbonyl (C=O) groups excluding carboxylic acids is 2. The van der Waals surface area contributed by atoms with E-state index in [0.717, 1.165) is 26.7 Å². The van der Waals surface area contributed by atoms with Crippen molar-refractivity contribution in [3.63, 3.8) is 0 Å². The largest absolute Gasteiger partial charge is 0.274 e. The topological polar surface area (TPSA) is 76.1 Å². The predicted octanol–water partition coefficient (Wildman–Crippen LogP) is 6.01. The number of aromatic nitrogens is 3. The summed E-state index contributed by atoms with van der Waals surface area (Å²) < 4.78 is 0.878. The zero-order valence-electron chi connectivity index (χ0n) is 19.1. The molecule has 6 nitrogen and oxygen atoms in total. The Balaban J connectivity index is 1.47. The molecule has 1 fully saturated rings. The molecule has 2 amide bonds. The second kappa shape index (κ2) is 9.71. The summed E-state index contributed by atoms with van der Waals surface area (Å²) >= 11 is 4.56. The van der Waals surface area contributed by atoms with E-state index < -0.39 is 5.25 Å². The van der Waals surface area contributed by atoms with Crippen LogP contribution in [0, 0.1) is 13.8 Å². The van der Waals surface area contributed by atoms with Gasteiger partial charge < -0.3 is 0 Å². The summed E-state index contributed by atoms with van der Waals surface area (Å²) in [6.45, 7) is 4.07. The molecule has 1 aromatic heterocycles. The van der Waals surface area contributed by atoms with Crippen LogP contribution in [0.25, 0.3) is 22.5 Å². The number of hydrogen-bond acceptors (Lipinski definition) is 6. The van der Waals surface area contributed by atoms with E-state index in [2.05, 4.69) is 26.1 Å². The highest BCUT2D eigenvalue weighted by atomic mass is 79.9. The maximum absolute atomic E-state index is 13.1. The zero-order valence-corrected chi connectivity index (χ0v) is 21.5. The molecule has 0 aliphatic carbocycles. The average molecular weight is 545 g/mol. The smallest absolute Gasteiger partial charge is 0.247 e. The first-order valence-corrected chi connectivity index (χ1v) is 12.7. The number of carbonyl (C=O) groups is 2. The van der Waals surface area contributed by atoms with Crippen LogP contribution in [0.3, 0.4) is 0 Å². The number of anilines is 1. The molecule has 5 rings (SSSR count). The summed E-state index contributed by atoms with van der Waals surface area (Å²) in [6, 6.07) is 23.2. The zero-order chi connectivity index (χ0) is 24.5. The molecule has 3 aromatic carbocycles. The Morgan fingerprint density at radius 1 is 0.800 bits per heavy atom. The lowest BCUT2D eigenvalue weighted by molar-refractivity contribution is -0.121. The van der Waals surface area contributed by atoms with Crippen molar-refractivity contribution < 1.29 is 9.59 Å². The van der Waals surface area contributed by atoms with Gasteiger partial charge in [-0.2, -0.15) is 0 Å². The van der Waals surface area contributed by atoms with Gasteiger partial charge in [0.05, 0.1) is 5.69 Å². The highest BCUT2D eigenvalue weighted by molar-refractivity contribution is 9.10. The van der Waals surface area contributed by atoms with E-state index in [4.69, 9.17) is 4.98 Å². The monoisotopic (exact) mass is 544 g/mol. The van der Waals surface area contributed by atoms with E-state index >= 15 is 0 Å². The highest BCUT2D eigenvalue weighted by Gasteiger charge is 2.40. The molecule has 35 heavy (non-hydrogen) atoms. The van der Waals surface area contributed by atoms with Crippen molar-refractivity contribution >= 4 is 45.2 Å². The van der Waals surface area contributed by atoms with Crippen molar-refractivity contribution in [3.05, 3.63) is 88.4 Å². The fourth-order valence-electron chi connectivity index (χ4n) is 3.86. The molecular weight excluding hydrogens is 524 g/mol. The highest BCUT2D eigenvalue weighted by Crippen LogP contribution is 2.35. The lowest BCUT2D eigenvalue weighted by Gasteiger charge is -2.15. The molecule has 174 valence electrons. The quantitative estimate of drug-likeness (QED) is 0.286. The van der Waals surface area contributed by atoms with Crippen LogP contribution in [0.4, 0.5) is 5.69 Å². The molecule has 0 bridgehead atoms. The van der Waals surface area contributed by atoms with E-state index in [0.29, 0.717) is 22.2 Å². The minimum atomic E-state index is -0.607. The molecule has 4 aromatic rings. The van der Waals surface area contributed by atoms with Gasteiger partial charge in [0, 0.05) is 22.0 Å². The molecule has 0 radical (unpaired) electrons. The first kappa shape index (κ1) is 23.4. The van der Waals surface area contributed by atoms with Crippen LogP contribution in [-0.4, -0.2) is 32.2 Å². The Hall–Kier alpha value is -3.36. The first-order valence-electron chi connectivity index (χ1n) is 11.1. The lowest BCUT2D eigenvalue weighted by atomic mass is 10.0. The third-order valence-corrected chi connectivity index (χ3v) is 7.32. The van der Waals surface area contributed by atoms with Crippen LogP contribution in [-0.2, 0) is 9.59 Å². The Bertz CT molecular complexity index is 1410. The van der Waals surface area contributed by atoms with Gasteiger partial charge in [0.1, 0.15) is 16.6 Å². The molecule has 1 atom stereocenters. The SMILES string of the molecule is Cc1ccc(-c2nnc(S[C@@H]3CC(=O)N(c4ccc(Br)cc4)C3=O)nc2-c2ccc(C)cc2)cc1. The van der Waals surface area contributed by atoms with Gasteiger partial charge in [-0.3, -0.25) is 9.59 Å². The van der Waals surface area contributed by atoms with Gasteiger partial charge in [0.15, 0.2) is 0 Å². The number of aryl methyl sites for hydroxylation is 2. The van der Waals surface area contributed by atoms with Crippen LogP contribution in [0.15, 0.2) is 82.4 Å². The Morgan fingerprint density at radius 2 is 1.37 bits per heavy atom. The summed E-state index contributed by atoms with van der Waals surface area (Å²) in [4.78, 5) is 31.8. The second-order valence-electron chi connectivity index (χ2n) is 8.38. The van der Waals surface area contributed by atoms with Crippen LogP contribution in [0.1, 0.15) is 17.5 Å². The number of thioether (sulfide) groups is 1.